The summed E-state index contributed by atoms with van der Waals surface area (Å²) in [6.45, 7) is -1.83. The minimum absolute atomic E-state index is 0.736. The molecule has 0 heterocycles. The number of benzene rings is 3. The summed E-state index contributed by atoms with van der Waals surface area (Å²) in [6, 6.07) is 30.7. The predicted molar refractivity (Wildman–Crippen MR) is 104 cm³/mol. The van der Waals surface area contributed by atoms with Crippen LogP contribution in [-0.2, 0) is 0 Å². The van der Waals surface area contributed by atoms with Gasteiger partial charge in [-0.1, -0.05) is 91.2 Å². The summed E-state index contributed by atoms with van der Waals surface area (Å²) in [5, 5.41) is 4.18. The van der Waals surface area contributed by atoms with Crippen LogP contribution >= 0.6 is 6.89 Å². The Labute approximate surface area is 138 Å². The standard InChI is InChI=1S/C22H21P/c1-23(19-10-4-2-5-11-19,20-12-6-3-7-13-20)22-15-9-8-14-21(22)18-16-17-18/h2-15,18H,1,16-17H2. The molecule has 0 aromatic heterocycles. The van der Waals surface area contributed by atoms with E-state index >= 15 is 0 Å². The average Bonchev–Trinajstić information content (AvgIpc) is 3.48. The number of hydrogen-bond acceptors (Lipinski definition) is 0. The van der Waals surface area contributed by atoms with E-state index in [9.17, 15) is 0 Å². The molecule has 0 unspecified atom stereocenters. The Morgan fingerprint density at radius 2 is 1.13 bits per heavy atom. The zero-order valence-electron chi connectivity index (χ0n) is 13.2. The summed E-state index contributed by atoms with van der Waals surface area (Å²) in [4.78, 5) is 0. The highest BCUT2D eigenvalue weighted by Crippen LogP contribution is 2.48. The molecule has 3 aromatic carbocycles. The van der Waals surface area contributed by atoms with Crippen molar-refractivity contribution in [3.8, 4) is 0 Å². The SMILES string of the molecule is C=P(c1ccccc1)(c1ccccc1)c1ccccc1C1CC1. The predicted octanol–water partition coefficient (Wildman–Crippen LogP) is 4.29. The third kappa shape index (κ3) is 2.58. The van der Waals surface area contributed by atoms with E-state index in [1.807, 2.05) is 0 Å². The summed E-state index contributed by atoms with van der Waals surface area (Å²) in [5.74, 6) is 0.736. The van der Waals surface area contributed by atoms with Crippen molar-refractivity contribution >= 4 is 29.1 Å². The Hall–Kier alpha value is -2.04. The van der Waals surface area contributed by atoms with E-state index in [0.717, 1.165) is 5.92 Å². The summed E-state index contributed by atoms with van der Waals surface area (Å²) in [5.41, 5.74) is 1.52. The molecule has 23 heavy (non-hydrogen) atoms. The molecule has 0 N–H and O–H groups in total. The van der Waals surface area contributed by atoms with E-state index in [4.69, 9.17) is 6.30 Å². The highest BCUT2D eigenvalue weighted by atomic mass is 31.2. The molecule has 0 amide bonds. The van der Waals surface area contributed by atoms with E-state index in [2.05, 4.69) is 84.9 Å². The zero-order valence-corrected chi connectivity index (χ0v) is 14.1. The van der Waals surface area contributed by atoms with Gasteiger partial charge in [0.1, 0.15) is 0 Å². The van der Waals surface area contributed by atoms with Crippen molar-refractivity contribution in [1.29, 1.82) is 0 Å². The average molecular weight is 316 g/mol. The van der Waals surface area contributed by atoms with Crippen LogP contribution in [0.15, 0.2) is 84.9 Å². The first-order valence-corrected chi connectivity index (χ1v) is 10.2. The maximum absolute atomic E-state index is 4.86. The molecule has 1 aliphatic carbocycles. The Bertz CT molecular complexity index is 802. The van der Waals surface area contributed by atoms with Gasteiger partial charge in [-0.25, -0.2) is 0 Å². The summed E-state index contributed by atoms with van der Waals surface area (Å²) >= 11 is 0. The molecule has 0 saturated heterocycles. The van der Waals surface area contributed by atoms with Crippen LogP contribution in [0.3, 0.4) is 0 Å². The molecule has 1 aliphatic rings. The van der Waals surface area contributed by atoms with Crippen LogP contribution in [0.2, 0.25) is 0 Å². The second-order valence-electron chi connectivity index (χ2n) is 6.31. The summed E-state index contributed by atoms with van der Waals surface area (Å²) < 4.78 is 0. The van der Waals surface area contributed by atoms with Crippen LogP contribution in [0.4, 0.5) is 0 Å². The van der Waals surface area contributed by atoms with Gasteiger partial charge in [0.25, 0.3) is 0 Å². The fourth-order valence-corrected chi connectivity index (χ4v) is 6.62. The van der Waals surface area contributed by atoms with Gasteiger partial charge in [-0.05, 0) is 47.1 Å². The van der Waals surface area contributed by atoms with Gasteiger partial charge in [-0.3, -0.25) is 0 Å². The van der Waals surface area contributed by atoms with Crippen LogP contribution in [0, 0.1) is 0 Å². The van der Waals surface area contributed by atoms with Crippen molar-refractivity contribution in [3.05, 3.63) is 90.5 Å². The molecular formula is C22H21P. The Balaban J connectivity index is 1.99. The normalized spacial score (nSPS) is 14.6. The lowest BCUT2D eigenvalue weighted by Gasteiger charge is -2.29. The lowest BCUT2D eigenvalue weighted by atomic mass is 10.1. The first-order valence-electron chi connectivity index (χ1n) is 8.24. The highest BCUT2D eigenvalue weighted by molar-refractivity contribution is 7.93. The lowest BCUT2D eigenvalue weighted by Crippen LogP contribution is -2.27. The molecule has 0 nitrogen and oxygen atoms in total. The molecule has 114 valence electrons. The van der Waals surface area contributed by atoms with Crippen molar-refractivity contribution in [3.63, 3.8) is 0 Å². The van der Waals surface area contributed by atoms with Gasteiger partial charge in [-0.15, -0.1) is 0 Å². The van der Waals surface area contributed by atoms with Crippen LogP contribution in [-0.4, -0.2) is 6.30 Å². The third-order valence-electron chi connectivity index (χ3n) is 4.76. The zero-order chi connectivity index (χ0) is 15.7. The van der Waals surface area contributed by atoms with Crippen LogP contribution in [0.5, 0.6) is 0 Å². The molecule has 0 radical (unpaired) electrons. The molecule has 0 aliphatic heterocycles. The summed E-state index contributed by atoms with van der Waals surface area (Å²) in [7, 11) is 0. The lowest BCUT2D eigenvalue weighted by molar-refractivity contribution is 1.15. The minimum atomic E-state index is -1.83. The first kappa shape index (κ1) is 14.5. The Kier molecular flexibility index (Phi) is 3.71. The Morgan fingerprint density at radius 3 is 1.65 bits per heavy atom. The minimum Gasteiger partial charge on any atom is -0.0887 e. The van der Waals surface area contributed by atoms with Gasteiger partial charge in [0.2, 0.25) is 0 Å². The maximum Gasteiger partial charge on any atom is -0.0131 e. The molecule has 1 saturated carbocycles. The van der Waals surface area contributed by atoms with Gasteiger partial charge < -0.3 is 0 Å². The van der Waals surface area contributed by atoms with E-state index in [1.54, 1.807) is 0 Å². The van der Waals surface area contributed by atoms with Crippen molar-refractivity contribution in [2.45, 2.75) is 18.8 Å². The van der Waals surface area contributed by atoms with Gasteiger partial charge in [-0.2, -0.15) is 0 Å². The topological polar surface area (TPSA) is 0 Å². The Morgan fingerprint density at radius 1 is 0.652 bits per heavy atom. The van der Waals surface area contributed by atoms with E-state index in [0.29, 0.717) is 0 Å². The number of hydrogen-bond donors (Lipinski definition) is 0. The second-order valence-corrected chi connectivity index (χ2v) is 9.45. The molecular weight excluding hydrogens is 295 g/mol. The number of rotatable bonds is 4. The van der Waals surface area contributed by atoms with Gasteiger partial charge in [0.05, 0.1) is 0 Å². The van der Waals surface area contributed by atoms with E-state index in [1.165, 1.54) is 34.3 Å². The van der Waals surface area contributed by atoms with Gasteiger partial charge in [0, 0.05) is 0 Å². The fourth-order valence-electron chi connectivity index (χ4n) is 3.37. The molecule has 4 rings (SSSR count). The fraction of sp³-hybridized carbons (Fsp3) is 0.136. The third-order valence-corrected chi connectivity index (χ3v) is 8.35. The second kappa shape index (κ2) is 5.87. The van der Waals surface area contributed by atoms with Crippen LogP contribution < -0.4 is 15.9 Å². The molecule has 0 atom stereocenters. The first-order chi connectivity index (χ1) is 11.3. The van der Waals surface area contributed by atoms with Crippen LogP contribution in [0.25, 0.3) is 0 Å². The molecule has 1 fully saturated rings. The molecule has 3 aromatic rings. The molecule has 0 bridgehead atoms. The van der Waals surface area contributed by atoms with Crippen molar-refractivity contribution in [2.75, 3.05) is 0 Å². The quantitative estimate of drug-likeness (QED) is 0.630. The van der Waals surface area contributed by atoms with E-state index < -0.39 is 6.89 Å². The summed E-state index contributed by atoms with van der Waals surface area (Å²) in [6.07, 6.45) is 7.50. The molecule has 0 spiro atoms. The van der Waals surface area contributed by atoms with Crippen molar-refractivity contribution in [2.24, 2.45) is 0 Å². The smallest absolute Gasteiger partial charge is 0.0131 e. The monoisotopic (exact) mass is 316 g/mol. The largest absolute Gasteiger partial charge is 0.0887 e. The highest BCUT2D eigenvalue weighted by Gasteiger charge is 2.31. The van der Waals surface area contributed by atoms with Crippen molar-refractivity contribution in [1.82, 2.24) is 0 Å². The van der Waals surface area contributed by atoms with Crippen LogP contribution in [0.1, 0.15) is 24.3 Å². The van der Waals surface area contributed by atoms with E-state index in [-0.39, 0.29) is 0 Å². The van der Waals surface area contributed by atoms with Gasteiger partial charge >= 0.3 is 0 Å². The maximum atomic E-state index is 4.86. The van der Waals surface area contributed by atoms with Gasteiger partial charge in [0.15, 0.2) is 0 Å². The molecule has 1 heteroatoms. The van der Waals surface area contributed by atoms with Crippen molar-refractivity contribution < 1.29 is 0 Å².